The zero-order chi connectivity index (χ0) is 13.0. The summed E-state index contributed by atoms with van der Waals surface area (Å²) in [6.07, 6.45) is 2.13. The van der Waals surface area contributed by atoms with Gasteiger partial charge in [0.15, 0.2) is 0 Å². The minimum Gasteiger partial charge on any atom is -0.496 e. The van der Waals surface area contributed by atoms with E-state index in [2.05, 4.69) is 26.6 Å². The normalized spacial score (nSPS) is 19.3. The van der Waals surface area contributed by atoms with Gasteiger partial charge in [-0.15, -0.1) is 0 Å². The van der Waals surface area contributed by atoms with Crippen LogP contribution in [0.3, 0.4) is 0 Å². The second kappa shape index (κ2) is 6.20. The smallest absolute Gasteiger partial charge is 0.255 e. The Morgan fingerprint density at radius 1 is 1.56 bits per heavy atom. The minimum atomic E-state index is -0.0759. The Hall–Kier alpha value is -1.07. The van der Waals surface area contributed by atoms with E-state index in [1.165, 1.54) is 0 Å². The van der Waals surface area contributed by atoms with Gasteiger partial charge in [-0.05, 0) is 37.6 Å². The molecule has 1 unspecified atom stereocenters. The SMILES string of the molecule is COc1cc(Br)ccc1C(=O)NC1CCCNC1. The van der Waals surface area contributed by atoms with Crippen LogP contribution in [0.2, 0.25) is 0 Å². The molecule has 0 aromatic heterocycles. The molecule has 1 aliphatic heterocycles. The van der Waals surface area contributed by atoms with Gasteiger partial charge in [-0.25, -0.2) is 0 Å². The molecule has 1 aliphatic rings. The van der Waals surface area contributed by atoms with Gasteiger partial charge in [0.05, 0.1) is 12.7 Å². The molecule has 0 bridgehead atoms. The van der Waals surface area contributed by atoms with Crippen molar-refractivity contribution in [3.63, 3.8) is 0 Å². The minimum absolute atomic E-state index is 0.0759. The van der Waals surface area contributed by atoms with E-state index in [-0.39, 0.29) is 11.9 Å². The van der Waals surface area contributed by atoms with Gasteiger partial charge in [0.25, 0.3) is 5.91 Å². The maximum absolute atomic E-state index is 12.2. The molecule has 1 atom stereocenters. The molecular formula is C13H17BrN2O2. The van der Waals surface area contributed by atoms with Crippen LogP contribution in [-0.2, 0) is 0 Å². The summed E-state index contributed by atoms with van der Waals surface area (Å²) in [6.45, 7) is 1.87. The predicted molar refractivity (Wildman–Crippen MR) is 74.1 cm³/mol. The Morgan fingerprint density at radius 3 is 3.06 bits per heavy atom. The van der Waals surface area contributed by atoms with Crippen LogP contribution in [0, 0.1) is 0 Å². The Kier molecular flexibility index (Phi) is 4.60. The molecule has 18 heavy (non-hydrogen) atoms. The van der Waals surface area contributed by atoms with Crippen molar-refractivity contribution in [3.05, 3.63) is 28.2 Å². The van der Waals surface area contributed by atoms with Crippen LogP contribution in [0.15, 0.2) is 22.7 Å². The van der Waals surface area contributed by atoms with E-state index in [9.17, 15) is 4.79 Å². The van der Waals surface area contributed by atoms with Crippen LogP contribution in [-0.4, -0.2) is 32.1 Å². The predicted octanol–water partition coefficient (Wildman–Crippen LogP) is 1.94. The molecule has 0 spiro atoms. The summed E-state index contributed by atoms with van der Waals surface area (Å²) in [5.41, 5.74) is 0.575. The number of benzene rings is 1. The molecule has 1 heterocycles. The highest BCUT2D eigenvalue weighted by molar-refractivity contribution is 9.10. The first-order valence-electron chi connectivity index (χ1n) is 6.06. The molecule has 2 rings (SSSR count). The molecule has 4 nitrogen and oxygen atoms in total. The number of carbonyl (C=O) groups excluding carboxylic acids is 1. The monoisotopic (exact) mass is 312 g/mol. The Morgan fingerprint density at radius 2 is 2.39 bits per heavy atom. The third-order valence-electron chi connectivity index (χ3n) is 3.04. The molecule has 0 saturated carbocycles. The van der Waals surface area contributed by atoms with Crippen molar-refractivity contribution in [1.29, 1.82) is 0 Å². The standard InChI is InChI=1S/C13H17BrN2O2/c1-18-12-7-9(14)4-5-11(12)13(17)16-10-3-2-6-15-8-10/h4-5,7,10,15H,2-3,6,8H2,1H3,(H,16,17). The van der Waals surface area contributed by atoms with Crippen LogP contribution in [0.1, 0.15) is 23.2 Å². The maximum Gasteiger partial charge on any atom is 0.255 e. The highest BCUT2D eigenvalue weighted by Gasteiger charge is 2.18. The summed E-state index contributed by atoms with van der Waals surface area (Å²) in [5, 5.41) is 6.31. The van der Waals surface area contributed by atoms with Gasteiger partial charge in [-0.2, -0.15) is 0 Å². The molecule has 1 saturated heterocycles. The van der Waals surface area contributed by atoms with E-state index in [1.807, 2.05) is 6.07 Å². The van der Waals surface area contributed by atoms with Crippen LogP contribution in [0.5, 0.6) is 5.75 Å². The first-order chi connectivity index (χ1) is 8.70. The lowest BCUT2D eigenvalue weighted by Crippen LogP contribution is -2.45. The summed E-state index contributed by atoms with van der Waals surface area (Å²) in [4.78, 5) is 12.2. The van der Waals surface area contributed by atoms with Crippen LogP contribution in [0.4, 0.5) is 0 Å². The number of methoxy groups -OCH3 is 1. The van der Waals surface area contributed by atoms with Crippen LogP contribution < -0.4 is 15.4 Å². The third-order valence-corrected chi connectivity index (χ3v) is 3.53. The first kappa shape index (κ1) is 13.4. The molecule has 1 aromatic carbocycles. The van der Waals surface area contributed by atoms with E-state index in [0.717, 1.165) is 30.4 Å². The zero-order valence-electron chi connectivity index (χ0n) is 10.3. The van der Waals surface area contributed by atoms with E-state index < -0.39 is 0 Å². The second-order valence-corrected chi connectivity index (χ2v) is 5.28. The average Bonchev–Trinajstić information content (AvgIpc) is 2.39. The van der Waals surface area contributed by atoms with Crippen LogP contribution >= 0.6 is 15.9 Å². The van der Waals surface area contributed by atoms with Gasteiger partial charge in [0.1, 0.15) is 5.75 Å². The number of amides is 1. The lowest BCUT2D eigenvalue weighted by atomic mass is 10.1. The number of rotatable bonds is 3. The number of nitrogens with one attached hydrogen (secondary N) is 2. The van der Waals surface area contributed by atoms with Crippen molar-refractivity contribution in [2.24, 2.45) is 0 Å². The number of hydrogen-bond acceptors (Lipinski definition) is 3. The number of ether oxygens (including phenoxy) is 1. The summed E-state index contributed by atoms with van der Waals surface area (Å²) in [5.74, 6) is 0.513. The van der Waals surface area contributed by atoms with Crippen molar-refractivity contribution < 1.29 is 9.53 Å². The van der Waals surface area contributed by atoms with Gasteiger partial charge in [0, 0.05) is 17.1 Å². The van der Waals surface area contributed by atoms with Gasteiger partial charge in [-0.1, -0.05) is 15.9 Å². The Bertz CT molecular complexity index is 431. The number of halogens is 1. The van der Waals surface area contributed by atoms with Crippen LogP contribution in [0.25, 0.3) is 0 Å². The van der Waals surface area contributed by atoms with E-state index in [4.69, 9.17) is 4.74 Å². The molecule has 2 N–H and O–H groups in total. The van der Waals surface area contributed by atoms with E-state index in [1.54, 1.807) is 19.2 Å². The molecule has 0 aliphatic carbocycles. The first-order valence-corrected chi connectivity index (χ1v) is 6.85. The number of hydrogen-bond donors (Lipinski definition) is 2. The van der Waals surface area contributed by atoms with Crippen molar-refractivity contribution in [1.82, 2.24) is 10.6 Å². The highest BCUT2D eigenvalue weighted by atomic mass is 79.9. The van der Waals surface area contributed by atoms with Gasteiger partial charge in [-0.3, -0.25) is 4.79 Å². The maximum atomic E-state index is 12.2. The van der Waals surface area contributed by atoms with Crippen molar-refractivity contribution >= 4 is 21.8 Å². The van der Waals surface area contributed by atoms with E-state index in [0.29, 0.717) is 11.3 Å². The largest absolute Gasteiger partial charge is 0.496 e. The fourth-order valence-corrected chi connectivity index (χ4v) is 2.43. The zero-order valence-corrected chi connectivity index (χ0v) is 11.9. The summed E-state index contributed by atoms with van der Waals surface area (Å²) in [7, 11) is 1.57. The molecule has 1 aromatic rings. The highest BCUT2D eigenvalue weighted by Crippen LogP contribution is 2.23. The topological polar surface area (TPSA) is 50.4 Å². The van der Waals surface area contributed by atoms with Gasteiger partial charge >= 0.3 is 0 Å². The average molecular weight is 313 g/mol. The Labute approximate surface area is 115 Å². The molecule has 98 valence electrons. The second-order valence-electron chi connectivity index (χ2n) is 4.36. The molecular weight excluding hydrogens is 296 g/mol. The molecule has 0 radical (unpaired) electrons. The molecule has 1 amide bonds. The van der Waals surface area contributed by atoms with Gasteiger partial charge in [0.2, 0.25) is 0 Å². The van der Waals surface area contributed by atoms with Crippen molar-refractivity contribution in [2.75, 3.05) is 20.2 Å². The number of carbonyl (C=O) groups is 1. The lowest BCUT2D eigenvalue weighted by molar-refractivity contribution is 0.0927. The van der Waals surface area contributed by atoms with E-state index >= 15 is 0 Å². The quantitative estimate of drug-likeness (QED) is 0.897. The Balaban J connectivity index is 2.08. The van der Waals surface area contributed by atoms with Gasteiger partial charge < -0.3 is 15.4 Å². The summed E-state index contributed by atoms with van der Waals surface area (Å²) >= 11 is 3.36. The fraction of sp³-hybridized carbons (Fsp3) is 0.462. The third kappa shape index (κ3) is 3.23. The molecule has 5 heteroatoms. The van der Waals surface area contributed by atoms with Crippen molar-refractivity contribution in [3.8, 4) is 5.75 Å². The number of piperidine rings is 1. The van der Waals surface area contributed by atoms with Crippen molar-refractivity contribution in [2.45, 2.75) is 18.9 Å². The summed E-state index contributed by atoms with van der Waals surface area (Å²) in [6, 6.07) is 5.62. The summed E-state index contributed by atoms with van der Waals surface area (Å²) < 4.78 is 6.13. The lowest BCUT2D eigenvalue weighted by Gasteiger charge is -2.24. The molecule has 1 fully saturated rings. The fourth-order valence-electron chi connectivity index (χ4n) is 2.09.